The SMILES string of the molecule is CCOc1ccc2c(C(N)=O)c(NC(=O)Nc3ccc(F)cc3F)sc2c1. The van der Waals surface area contributed by atoms with Crippen molar-refractivity contribution in [2.75, 3.05) is 17.2 Å². The third-order valence-corrected chi connectivity index (χ3v) is 4.69. The quantitative estimate of drug-likeness (QED) is 0.605. The van der Waals surface area contributed by atoms with Gasteiger partial charge in [0.2, 0.25) is 0 Å². The number of nitrogens with one attached hydrogen (secondary N) is 2. The fourth-order valence-electron chi connectivity index (χ4n) is 2.51. The number of carbonyl (C=O) groups is 2. The fourth-order valence-corrected chi connectivity index (χ4v) is 3.64. The monoisotopic (exact) mass is 391 g/mol. The van der Waals surface area contributed by atoms with E-state index in [2.05, 4.69) is 10.6 Å². The maximum absolute atomic E-state index is 13.7. The summed E-state index contributed by atoms with van der Waals surface area (Å²) in [6.07, 6.45) is 0. The predicted molar refractivity (Wildman–Crippen MR) is 101 cm³/mol. The van der Waals surface area contributed by atoms with Crippen LogP contribution < -0.4 is 21.1 Å². The number of nitrogens with two attached hydrogens (primary N) is 1. The molecule has 1 aromatic heterocycles. The standard InChI is InChI=1S/C18H15F2N3O3S/c1-2-26-10-4-5-11-14(8-10)27-17(15(11)16(21)24)23-18(25)22-13-6-3-9(19)7-12(13)20/h3-8H,2H2,1H3,(H2,21,24)(H2,22,23,25). The Morgan fingerprint density at radius 1 is 1.15 bits per heavy atom. The largest absolute Gasteiger partial charge is 0.494 e. The van der Waals surface area contributed by atoms with Gasteiger partial charge in [0.05, 0.1) is 17.9 Å². The van der Waals surface area contributed by atoms with Crippen molar-refractivity contribution < 1.29 is 23.1 Å². The second-order valence-corrected chi connectivity index (χ2v) is 6.52. The molecule has 0 spiro atoms. The number of primary amides is 1. The first kappa shape index (κ1) is 18.6. The molecule has 27 heavy (non-hydrogen) atoms. The average molecular weight is 391 g/mol. The van der Waals surface area contributed by atoms with Crippen molar-refractivity contribution in [2.45, 2.75) is 6.92 Å². The van der Waals surface area contributed by atoms with Gasteiger partial charge in [0.1, 0.15) is 22.4 Å². The summed E-state index contributed by atoms with van der Waals surface area (Å²) in [6.45, 7) is 2.33. The third kappa shape index (κ3) is 3.98. The highest BCUT2D eigenvalue weighted by Gasteiger charge is 2.19. The zero-order valence-electron chi connectivity index (χ0n) is 14.1. The fraction of sp³-hybridized carbons (Fsp3) is 0.111. The topological polar surface area (TPSA) is 93.4 Å². The van der Waals surface area contributed by atoms with E-state index in [0.29, 0.717) is 28.5 Å². The van der Waals surface area contributed by atoms with E-state index < -0.39 is 23.6 Å². The van der Waals surface area contributed by atoms with Crippen molar-refractivity contribution >= 4 is 44.0 Å². The lowest BCUT2D eigenvalue weighted by Gasteiger charge is -2.08. The molecule has 3 amide bonds. The summed E-state index contributed by atoms with van der Waals surface area (Å²) in [5.74, 6) is -1.78. The summed E-state index contributed by atoms with van der Waals surface area (Å²) >= 11 is 1.13. The number of benzene rings is 2. The Morgan fingerprint density at radius 2 is 1.93 bits per heavy atom. The van der Waals surface area contributed by atoms with Crippen LogP contribution in [0.2, 0.25) is 0 Å². The van der Waals surface area contributed by atoms with E-state index in [9.17, 15) is 18.4 Å². The number of halogens is 2. The maximum atomic E-state index is 13.7. The maximum Gasteiger partial charge on any atom is 0.324 e. The van der Waals surface area contributed by atoms with E-state index in [1.54, 1.807) is 18.2 Å². The van der Waals surface area contributed by atoms with E-state index >= 15 is 0 Å². The number of amides is 3. The summed E-state index contributed by atoms with van der Waals surface area (Å²) in [6, 6.07) is 7.08. The summed E-state index contributed by atoms with van der Waals surface area (Å²) in [5, 5.41) is 5.54. The van der Waals surface area contributed by atoms with Crippen LogP contribution in [0.25, 0.3) is 10.1 Å². The van der Waals surface area contributed by atoms with E-state index in [0.717, 1.165) is 23.5 Å². The number of urea groups is 1. The summed E-state index contributed by atoms with van der Waals surface area (Å²) in [4.78, 5) is 24.1. The van der Waals surface area contributed by atoms with Gasteiger partial charge in [0, 0.05) is 16.2 Å². The Morgan fingerprint density at radius 3 is 2.59 bits per heavy atom. The van der Waals surface area contributed by atoms with Crippen molar-refractivity contribution in [3.8, 4) is 5.75 Å². The van der Waals surface area contributed by atoms with Crippen molar-refractivity contribution in [1.29, 1.82) is 0 Å². The Balaban J connectivity index is 1.89. The molecule has 1 heterocycles. The molecule has 6 nitrogen and oxygen atoms in total. The van der Waals surface area contributed by atoms with Gasteiger partial charge in [0.25, 0.3) is 5.91 Å². The highest BCUT2D eigenvalue weighted by atomic mass is 32.1. The highest BCUT2D eigenvalue weighted by molar-refractivity contribution is 7.23. The number of anilines is 2. The molecule has 0 radical (unpaired) electrons. The molecule has 3 rings (SSSR count). The smallest absolute Gasteiger partial charge is 0.324 e. The molecule has 0 aliphatic carbocycles. The van der Waals surface area contributed by atoms with Gasteiger partial charge in [0.15, 0.2) is 0 Å². The normalized spacial score (nSPS) is 10.6. The molecule has 3 aromatic rings. The molecule has 0 unspecified atom stereocenters. The van der Waals surface area contributed by atoms with Gasteiger partial charge in [-0.2, -0.15) is 0 Å². The lowest BCUT2D eigenvalue weighted by molar-refractivity contribution is 0.100. The van der Waals surface area contributed by atoms with Crippen LogP contribution >= 0.6 is 11.3 Å². The average Bonchev–Trinajstić information content (AvgIpc) is 2.94. The first-order chi connectivity index (χ1) is 12.9. The number of carbonyl (C=O) groups excluding carboxylic acids is 2. The van der Waals surface area contributed by atoms with Crippen LogP contribution in [-0.2, 0) is 0 Å². The first-order valence-electron chi connectivity index (χ1n) is 7.91. The van der Waals surface area contributed by atoms with Gasteiger partial charge < -0.3 is 15.8 Å². The molecular formula is C18H15F2N3O3S. The number of fused-ring (bicyclic) bond motifs is 1. The molecule has 9 heteroatoms. The summed E-state index contributed by atoms with van der Waals surface area (Å²) in [5.41, 5.74) is 5.40. The Hall–Kier alpha value is -3.20. The van der Waals surface area contributed by atoms with Crippen LogP contribution in [0, 0.1) is 11.6 Å². The zero-order valence-corrected chi connectivity index (χ0v) is 15.0. The van der Waals surface area contributed by atoms with E-state index in [1.165, 1.54) is 0 Å². The molecule has 0 atom stereocenters. The van der Waals surface area contributed by atoms with E-state index in [4.69, 9.17) is 10.5 Å². The molecule has 0 fully saturated rings. The van der Waals surface area contributed by atoms with Crippen LogP contribution in [-0.4, -0.2) is 18.5 Å². The van der Waals surface area contributed by atoms with Crippen LogP contribution in [0.3, 0.4) is 0 Å². The second kappa shape index (κ2) is 7.58. The Kier molecular flexibility index (Phi) is 5.22. The van der Waals surface area contributed by atoms with Crippen LogP contribution in [0.15, 0.2) is 36.4 Å². The van der Waals surface area contributed by atoms with Gasteiger partial charge in [-0.25, -0.2) is 13.6 Å². The minimum Gasteiger partial charge on any atom is -0.494 e. The Bertz CT molecular complexity index is 1040. The van der Waals surface area contributed by atoms with Gasteiger partial charge in [-0.15, -0.1) is 11.3 Å². The van der Waals surface area contributed by atoms with Gasteiger partial charge in [-0.1, -0.05) is 0 Å². The van der Waals surface area contributed by atoms with Crippen molar-refractivity contribution in [3.05, 3.63) is 53.6 Å². The molecule has 0 saturated heterocycles. The number of rotatable bonds is 5. The summed E-state index contributed by atoms with van der Waals surface area (Å²) in [7, 11) is 0. The van der Waals surface area contributed by atoms with Gasteiger partial charge in [-0.3, -0.25) is 10.1 Å². The van der Waals surface area contributed by atoms with Gasteiger partial charge in [-0.05, 0) is 37.3 Å². The molecule has 0 aliphatic heterocycles. The molecule has 0 bridgehead atoms. The van der Waals surface area contributed by atoms with Crippen molar-refractivity contribution in [1.82, 2.24) is 0 Å². The van der Waals surface area contributed by atoms with Crippen LogP contribution in [0.5, 0.6) is 5.75 Å². The lowest BCUT2D eigenvalue weighted by Crippen LogP contribution is -2.22. The third-order valence-electron chi connectivity index (χ3n) is 3.63. The van der Waals surface area contributed by atoms with E-state index in [-0.39, 0.29) is 16.3 Å². The lowest BCUT2D eigenvalue weighted by atomic mass is 10.1. The van der Waals surface area contributed by atoms with Gasteiger partial charge >= 0.3 is 6.03 Å². The number of ether oxygens (including phenoxy) is 1. The summed E-state index contributed by atoms with van der Waals surface area (Å²) < 4.78 is 32.7. The molecule has 0 aliphatic rings. The second-order valence-electron chi connectivity index (χ2n) is 5.46. The minimum absolute atomic E-state index is 0.146. The highest BCUT2D eigenvalue weighted by Crippen LogP contribution is 2.37. The molecular weight excluding hydrogens is 376 g/mol. The molecule has 140 valence electrons. The minimum atomic E-state index is -0.919. The van der Waals surface area contributed by atoms with Crippen LogP contribution in [0.1, 0.15) is 17.3 Å². The van der Waals surface area contributed by atoms with Crippen molar-refractivity contribution in [2.24, 2.45) is 5.73 Å². The molecule has 2 aromatic carbocycles. The van der Waals surface area contributed by atoms with Crippen LogP contribution in [0.4, 0.5) is 24.3 Å². The number of hydrogen-bond acceptors (Lipinski definition) is 4. The van der Waals surface area contributed by atoms with E-state index in [1.807, 2.05) is 6.92 Å². The number of hydrogen-bond donors (Lipinski definition) is 3. The van der Waals surface area contributed by atoms with Crippen molar-refractivity contribution in [3.63, 3.8) is 0 Å². The molecule has 0 saturated carbocycles. The Labute approximate surface area is 156 Å². The number of thiophene rings is 1. The first-order valence-corrected chi connectivity index (χ1v) is 8.73. The predicted octanol–water partition coefficient (Wildman–Crippen LogP) is 4.32. The zero-order chi connectivity index (χ0) is 19.6. The molecule has 4 N–H and O–H groups in total.